The van der Waals surface area contributed by atoms with Crippen molar-refractivity contribution in [3.05, 3.63) is 40.6 Å². The van der Waals surface area contributed by atoms with Gasteiger partial charge in [-0.25, -0.2) is 14.4 Å². The standard InChI is InChI=1S/C16H17NO7/c1-9-4-5-12(10(6-9)14(18)19)17-8-24-7-11(15(20)22-2)13(17)16(21)23-3/h4-6H,7-8H2,1-3H3,(H,18,19). The summed E-state index contributed by atoms with van der Waals surface area (Å²) in [6, 6.07) is 4.72. The maximum atomic E-state index is 12.2. The Labute approximate surface area is 138 Å². The van der Waals surface area contributed by atoms with Crippen molar-refractivity contribution in [1.29, 1.82) is 0 Å². The van der Waals surface area contributed by atoms with Crippen LogP contribution in [0, 0.1) is 6.92 Å². The largest absolute Gasteiger partial charge is 0.478 e. The molecule has 2 rings (SSSR count). The van der Waals surface area contributed by atoms with Crippen LogP contribution in [0.25, 0.3) is 0 Å². The highest BCUT2D eigenvalue weighted by Gasteiger charge is 2.34. The predicted octanol–water partition coefficient (Wildman–Crippen LogP) is 1.09. The molecule has 0 saturated heterocycles. The number of carbonyl (C=O) groups is 3. The Balaban J connectivity index is 2.66. The Hall–Kier alpha value is -2.87. The summed E-state index contributed by atoms with van der Waals surface area (Å²) < 4.78 is 14.7. The highest BCUT2D eigenvalue weighted by molar-refractivity contribution is 6.05. The van der Waals surface area contributed by atoms with Crippen LogP contribution in [-0.4, -0.2) is 50.6 Å². The lowest BCUT2D eigenvalue weighted by Gasteiger charge is -2.32. The molecule has 1 aliphatic rings. The van der Waals surface area contributed by atoms with E-state index in [-0.39, 0.29) is 35.9 Å². The SMILES string of the molecule is COC(=O)C1=C(C(=O)OC)N(c2ccc(C)cc2C(=O)O)COC1. The molecule has 24 heavy (non-hydrogen) atoms. The number of hydrogen-bond acceptors (Lipinski definition) is 7. The average molecular weight is 335 g/mol. The van der Waals surface area contributed by atoms with E-state index in [1.54, 1.807) is 19.1 Å². The van der Waals surface area contributed by atoms with E-state index in [9.17, 15) is 19.5 Å². The number of carbonyl (C=O) groups excluding carboxylic acids is 2. The second kappa shape index (κ2) is 7.14. The molecule has 1 aliphatic heterocycles. The molecule has 0 aliphatic carbocycles. The van der Waals surface area contributed by atoms with Crippen LogP contribution >= 0.6 is 0 Å². The third-order valence-corrected chi connectivity index (χ3v) is 3.51. The fourth-order valence-electron chi connectivity index (χ4n) is 2.39. The van der Waals surface area contributed by atoms with Gasteiger partial charge < -0.3 is 24.2 Å². The predicted molar refractivity (Wildman–Crippen MR) is 82.5 cm³/mol. The molecule has 1 heterocycles. The number of carboxylic acid groups (broad SMARTS) is 1. The minimum atomic E-state index is -1.16. The van der Waals surface area contributed by atoms with Crippen molar-refractivity contribution in [2.45, 2.75) is 6.92 Å². The third kappa shape index (κ3) is 3.23. The van der Waals surface area contributed by atoms with Crippen LogP contribution in [0.5, 0.6) is 0 Å². The van der Waals surface area contributed by atoms with E-state index in [0.717, 1.165) is 5.56 Å². The second-order valence-corrected chi connectivity index (χ2v) is 5.04. The number of benzene rings is 1. The first-order chi connectivity index (χ1) is 11.4. The average Bonchev–Trinajstić information content (AvgIpc) is 2.59. The molecule has 128 valence electrons. The summed E-state index contributed by atoms with van der Waals surface area (Å²) in [5.41, 5.74) is 0.807. The molecule has 0 unspecified atom stereocenters. The molecule has 0 fully saturated rings. The fourth-order valence-corrected chi connectivity index (χ4v) is 2.39. The lowest BCUT2D eigenvalue weighted by Crippen LogP contribution is -2.39. The van der Waals surface area contributed by atoms with Gasteiger partial charge in [0, 0.05) is 0 Å². The molecular weight excluding hydrogens is 318 g/mol. The summed E-state index contributed by atoms with van der Waals surface area (Å²) in [5.74, 6) is -2.69. The minimum Gasteiger partial charge on any atom is -0.478 e. The van der Waals surface area contributed by atoms with E-state index < -0.39 is 17.9 Å². The number of nitrogens with zero attached hydrogens (tertiary/aromatic N) is 1. The Morgan fingerprint density at radius 1 is 1.17 bits per heavy atom. The molecule has 0 aromatic heterocycles. The highest BCUT2D eigenvalue weighted by atomic mass is 16.5. The van der Waals surface area contributed by atoms with E-state index in [0.29, 0.717) is 0 Å². The quantitative estimate of drug-likeness (QED) is 0.816. The van der Waals surface area contributed by atoms with E-state index >= 15 is 0 Å². The number of carboxylic acids is 1. The van der Waals surface area contributed by atoms with Gasteiger partial charge in [-0.15, -0.1) is 0 Å². The minimum absolute atomic E-state index is 0.0221. The second-order valence-electron chi connectivity index (χ2n) is 5.04. The highest BCUT2D eigenvalue weighted by Crippen LogP contribution is 2.30. The van der Waals surface area contributed by atoms with Crippen LogP contribution < -0.4 is 4.90 Å². The van der Waals surface area contributed by atoms with E-state index in [4.69, 9.17) is 9.47 Å². The maximum absolute atomic E-state index is 12.2. The molecule has 1 aromatic carbocycles. The summed E-state index contributed by atoms with van der Waals surface area (Å²) in [7, 11) is 2.35. The molecule has 1 aromatic rings. The third-order valence-electron chi connectivity index (χ3n) is 3.51. The maximum Gasteiger partial charge on any atom is 0.355 e. The molecule has 0 spiro atoms. The van der Waals surface area contributed by atoms with Gasteiger partial charge in [0.1, 0.15) is 12.4 Å². The van der Waals surface area contributed by atoms with Gasteiger partial charge in [0.25, 0.3) is 0 Å². The zero-order valence-electron chi connectivity index (χ0n) is 13.5. The van der Waals surface area contributed by atoms with Crippen LogP contribution in [-0.2, 0) is 23.8 Å². The van der Waals surface area contributed by atoms with Gasteiger partial charge in [-0.05, 0) is 19.1 Å². The van der Waals surface area contributed by atoms with Gasteiger partial charge in [0.15, 0.2) is 0 Å². The zero-order chi connectivity index (χ0) is 17.9. The van der Waals surface area contributed by atoms with E-state index in [2.05, 4.69) is 4.74 Å². The molecule has 0 saturated carbocycles. The van der Waals surface area contributed by atoms with Crippen molar-refractivity contribution in [3.63, 3.8) is 0 Å². The monoisotopic (exact) mass is 335 g/mol. The molecule has 0 radical (unpaired) electrons. The van der Waals surface area contributed by atoms with Gasteiger partial charge in [0.05, 0.1) is 37.7 Å². The normalized spacial score (nSPS) is 14.4. The first-order valence-corrected chi connectivity index (χ1v) is 6.99. The van der Waals surface area contributed by atoms with Gasteiger partial charge in [-0.1, -0.05) is 11.6 Å². The Morgan fingerprint density at radius 2 is 1.83 bits per heavy atom. The van der Waals surface area contributed by atoms with Gasteiger partial charge in [-0.3, -0.25) is 0 Å². The number of methoxy groups -OCH3 is 2. The Morgan fingerprint density at radius 3 is 2.42 bits per heavy atom. The number of aryl methyl sites for hydroxylation is 1. The number of anilines is 1. The van der Waals surface area contributed by atoms with Crippen LogP contribution in [0.1, 0.15) is 15.9 Å². The Bertz CT molecular complexity index is 723. The van der Waals surface area contributed by atoms with Crippen molar-refractivity contribution in [3.8, 4) is 0 Å². The van der Waals surface area contributed by atoms with Crippen LogP contribution in [0.3, 0.4) is 0 Å². The summed E-state index contributed by atoms with van der Waals surface area (Å²) in [6.45, 7) is 1.51. The van der Waals surface area contributed by atoms with Crippen LogP contribution in [0.15, 0.2) is 29.5 Å². The molecule has 0 bridgehead atoms. The van der Waals surface area contributed by atoms with Crippen molar-refractivity contribution < 1.29 is 33.7 Å². The number of hydrogen-bond donors (Lipinski definition) is 1. The molecule has 0 atom stereocenters. The fraction of sp³-hybridized carbons (Fsp3) is 0.312. The molecule has 8 heteroatoms. The summed E-state index contributed by atoms with van der Waals surface area (Å²) in [6.07, 6.45) is 0. The molecule has 0 amide bonds. The molecule has 8 nitrogen and oxygen atoms in total. The lowest BCUT2D eigenvalue weighted by atomic mass is 10.1. The van der Waals surface area contributed by atoms with Crippen molar-refractivity contribution >= 4 is 23.6 Å². The summed E-state index contributed by atoms with van der Waals surface area (Å²) in [5, 5.41) is 9.43. The van der Waals surface area contributed by atoms with E-state index in [1.807, 2.05) is 0 Å². The Kier molecular flexibility index (Phi) is 5.20. The topological polar surface area (TPSA) is 102 Å². The number of esters is 2. The van der Waals surface area contributed by atoms with Crippen molar-refractivity contribution in [2.24, 2.45) is 0 Å². The zero-order valence-corrected chi connectivity index (χ0v) is 13.5. The lowest BCUT2D eigenvalue weighted by molar-refractivity contribution is -0.140. The number of ether oxygens (including phenoxy) is 3. The molecular formula is C16H17NO7. The number of aromatic carboxylic acids is 1. The van der Waals surface area contributed by atoms with E-state index in [1.165, 1.54) is 25.2 Å². The first-order valence-electron chi connectivity index (χ1n) is 6.99. The van der Waals surface area contributed by atoms with Crippen molar-refractivity contribution in [2.75, 3.05) is 32.5 Å². The van der Waals surface area contributed by atoms with Crippen molar-refractivity contribution in [1.82, 2.24) is 0 Å². The summed E-state index contributed by atoms with van der Waals surface area (Å²) >= 11 is 0. The van der Waals surface area contributed by atoms with Gasteiger partial charge in [-0.2, -0.15) is 0 Å². The molecule has 1 N–H and O–H groups in total. The van der Waals surface area contributed by atoms with Crippen LogP contribution in [0.4, 0.5) is 5.69 Å². The van der Waals surface area contributed by atoms with Crippen LogP contribution in [0.2, 0.25) is 0 Å². The van der Waals surface area contributed by atoms with Gasteiger partial charge >= 0.3 is 17.9 Å². The van der Waals surface area contributed by atoms with Gasteiger partial charge in [0.2, 0.25) is 0 Å². The smallest absolute Gasteiger partial charge is 0.355 e. The summed E-state index contributed by atoms with van der Waals surface area (Å²) in [4.78, 5) is 37.0. The first kappa shape index (κ1) is 17.5. The number of rotatable bonds is 4.